The zero-order valence-electron chi connectivity index (χ0n) is 10.2. The van der Waals surface area contributed by atoms with Crippen molar-refractivity contribution >= 4 is 0 Å². The molecular formula is C14H18F2O. The van der Waals surface area contributed by atoms with Crippen molar-refractivity contribution in [3.63, 3.8) is 0 Å². The van der Waals surface area contributed by atoms with Crippen LogP contribution in [-0.2, 0) is 0 Å². The predicted octanol–water partition coefficient (Wildman–Crippen LogP) is 3.62. The lowest BCUT2D eigenvalue weighted by molar-refractivity contribution is -0.0941. The second-order valence-corrected chi connectivity index (χ2v) is 4.91. The fourth-order valence-electron chi connectivity index (χ4n) is 3.20. The lowest BCUT2D eigenvalue weighted by atomic mass is 9.53. The van der Waals surface area contributed by atoms with Gasteiger partial charge in [-0.1, -0.05) is 13.8 Å². The van der Waals surface area contributed by atoms with Crippen LogP contribution in [0.1, 0.15) is 44.6 Å². The quantitative estimate of drug-likeness (QED) is 0.855. The first-order chi connectivity index (χ1) is 8.05. The van der Waals surface area contributed by atoms with Gasteiger partial charge in [0.05, 0.1) is 6.10 Å². The van der Waals surface area contributed by atoms with E-state index in [1.54, 1.807) is 0 Å². The Hall–Kier alpha value is -0.960. The van der Waals surface area contributed by atoms with Crippen LogP contribution in [0.4, 0.5) is 8.78 Å². The van der Waals surface area contributed by atoms with E-state index in [9.17, 15) is 13.9 Å². The lowest BCUT2D eigenvalue weighted by Gasteiger charge is -2.53. The second-order valence-electron chi connectivity index (χ2n) is 4.91. The summed E-state index contributed by atoms with van der Waals surface area (Å²) in [5.41, 5.74) is 0.133. The molecule has 0 amide bonds. The summed E-state index contributed by atoms with van der Waals surface area (Å²) in [6.45, 7) is 3.99. The van der Waals surface area contributed by atoms with Gasteiger partial charge in [-0.15, -0.1) is 0 Å². The Morgan fingerprint density at radius 3 is 2.47 bits per heavy atom. The van der Waals surface area contributed by atoms with Gasteiger partial charge in [-0.25, -0.2) is 8.78 Å². The van der Waals surface area contributed by atoms with Gasteiger partial charge in [-0.2, -0.15) is 0 Å². The van der Waals surface area contributed by atoms with E-state index in [0.29, 0.717) is 12.0 Å². The molecule has 1 fully saturated rings. The summed E-state index contributed by atoms with van der Waals surface area (Å²) < 4.78 is 26.9. The maximum Gasteiger partial charge on any atom is 0.126 e. The van der Waals surface area contributed by atoms with Gasteiger partial charge in [0.2, 0.25) is 0 Å². The van der Waals surface area contributed by atoms with Gasteiger partial charge in [0, 0.05) is 5.41 Å². The van der Waals surface area contributed by atoms with Crippen LogP contribution in [0.2, 0.25) is 0 Å². The van der Waals surface area contributed by atoms with Crippen molar-refractivity contribution in [2.75, 3.05) is 0 Å². The van der Waals surface area contributed by atoms with Crippen molar-refractivity contribution in [2.45, 2.75) is 45.1 Å². The number of rotatable bonds is 3. The molecule has 1 aromatic carbocycles. The van der Waals surface area contributed by atoms with Crippen molar-refractivity contribution < 1.29 is 13.9 Å². The van der Waals surface area contributed by atoms with E-state index in [1.165, 1.54) is 12.1 Å². The van der Waals surface area contributed by atoms with Gasteiger partial charge in [0.25, 0.3) is 0 Å². The van der Waals surface area contributed by atoms with E-state index in [4.69, 9.17) is 0 Å². The van der Waals surface area contributed by atoms with Gasteiger partial charge >= 0.3 is 0 Å². The molecule has 1 N–H and O–H groups in total. The zero-order valence-corrected chi connectivity index (χ0v) is 10.2. The second kappa shape index (κ2) is 4.37. The fourth-order valence-corrected chi connectivity index (χ4v) is 3.20. The highest BCUT2D eigenvalue weighted by molar-refractivity contribution is 5.29. The predicted molar refractivity (Wildman–Crippen MR) is 62.7 cm³/mol. The van der Waals surface area contributed by atoms with Gasteiger partial charge in [0.1, 0.15) is 11.6 Å². The summed E-state index contributed by atoms with van der Waals surface area (Å²) in [5, 5.41) is 9.93. The lowest BCUT2D eigenvalue weighted by Crippen LogP contribution is -2.51. The summed E-state index contributed by atoms with van der Waals surface area (Å²) in [6, 6.07) is 3.57. The van der Waals surface area contributed by atoms with E-state index >= 15 is 0 Å². The molecule has 1 aliphatic carbocycles. The van der Waals surface area contributed by atoms with Crippen molar-refractivity contribution in [1.29, 1.82) is 0 Å². The molecule has 0 heterocycles. The molecule has 2 atom stereocenters. The molecule has 2 rings (SSSR count). The summed E-state index contributed by atoms with van der Waals surface area (Å²) >= 11 is 0. The summed E-state index contributed by atoms with van der Waals surface area (Å²) in [6.07, 6.45) is 1.70. The molecule has 17 heavy (non-hydrogen) atoms. The third kappa shape index (κ3) is 1.77. The molecule has 0 aliphatic heterocycles. The minimum absolute atomic E-state index is 0.0665. The molecular weight excluding hydrogens is 222 g/mol. The normalized spacial score (nSPS) is 26.6. The first-order valence-electron chi connectivity index (χ1n) is 6.18. The Bertz CT molecular complexity index is 413. The Labute approximate surface area is 100 Å². The van der Waals surface area contributed by atoms with Gasteiger partial charge in [-0.05, 0) is 48.9 Å². The topological polar surface area (TPSA) is 20.2 Å². The Morgan fingerprint density at radius 1 is 1.29 bits per heavy atom. The van der Waals surface area contributed by atoms with Crippen molar-refractivity contribution in [2.24, 2.45) is 5.41 Å². The zero-order chi connectivity index (χ0) is 12.6. The third-order valence-corrected chi connectivity index (χ3v) is 4.47. The van der Waals surface area contributed by atoms with E-state index in [2.05, 4.69) is 0 Å². The average Bonchev–Trinajstić information content (AvgIpc) is 2.31. The smallest absolute Gasteiger partial charge is 0.126 e. The highest BCUT2D eigenvalue weighted by Gasteiger charge is 2.53. The van der Waals surface area contributed by atoms with Crippen molar-refractivity contribution in [3.8, 4) is 0 Å². The van der Waals surface area contributed by atoms with Crippen LogP contribution in [0.25, 0.3) is 0 Å². The maximum atomic E-state index is 13.7. The van der Waals surface area contributed by atoms with Crippen molar-refractivity contribution in [3.05, 3.63) is 35.4 Å². The number of halogens is 2. The first-order valence-corrected chi connectivity index (χ1v) is 6.18. The van der Waals surface area contributed by atoms with Crippen LogP contribution in [0.5, 0.6) is 0 Å². The summed E-state index contributed by atoms with van der Waals surface area (Å²) in [7, 11) is 0. The number of benzene rings is 1. The molecule has 1 aromatic rings. The van der Waals surface area contributed by atoms with Crippen LogP contribution < -0.4 is 0 Å². The first kappa shape index (κ1) is 12.5. The maximum absolute atomic E-state index is 13.7. The molecule has 0 saturated heterocycles. The van der Waals surface area contributed by atoms with E-state index in [0.717, 1.165) is 18.9 Å². The largest absolute Gasteiger partial charge is 0.393 e. The van der Waals surface area contributed by atoms with Crippen molar-refractivity contribution in [1.82, 2.24) is 0 Å². The van der Waals surface area contributed by atoms with Crippen LogP contribution in [0.15, 0.2) is 18.2 Å². The molecule has 0 radical (unpaired) electrons. The molecule has 1 aliphatic rings. The Balaban J connectivity index is 2.38. The highest BCUT2D eigenvalue weighted by Crippen LogP contribution is 2.57. The van der Waals surface area contributed by atoms with Crippen LogP contribution in [0, 0.1) is 17.0 Å². The minimum Gasteiger partial charge on any atom is -0.393 e. The Morgan fingerprint density at radius 2 is 1.94 bits per heavy atom. The molecule has 2 unspecified atom stereocenters. The average molecular weight is 240 g/mol. The number of hydrogen-bond donors (Lipinski definition) is 1. The minimum atomic E-state index is -0.413. The standard InChI is InChI=1S/C14H18F2O/c1-3-14(4-2)11(8-13(14)17)10-7-9(15)5-6-12(10)16/h5-7,11,13,17H,3-4,8H2,1-2H3. The van der Waals surface area contributed by atoms with E-state index < -0.39 is 11.9 Å². The van der Waals surface area contributed by atoms with Crippen LogP contribution in [-0.4, -0.2) is 11.2 Å². The molecule has 0 aromatic heterocycles. The molecule has 1 saturated carbocycles. The molecule has 0 bridgehead atoms. The number of aliphatic hydroxyl groups is 1. The van der Waals surface area contributed by atoms with Crippen LogP contribution >= 0.6 is 0 Å². The van der Waals surface area contributed by atoms with Gasteiger partial charge < -0.3 is 5.11 Å². The Kier molecular flexibility index (Phi) is 3.21. The van der Waals surface area contributed by atoms with E-state index in [-0.39, 0.29) is 17.2 Å². The molecule has 0 spiro atoms. The number of aliphatic hydroxyl groups excluding tert-OH is 1. The number of hydrogen-bond acceptors (Lipinski definition) is 1. The van der Waals surface area contributed by atoms with Crippen LogP contribution in [0.3, 0.4) is 0 Å². The molecule has 1 nitrogen and oxygen atoms in total. The molecule has 94 valence electrons. The molecule has 3 heteroatoms. The van der Waals surface area contributed by atoms with Gasteiger partial charge in [-0.3, -0.25) is 0 Å². The van der Waals surface area contributed by atoms with Gasteiger partial charge in [0.15, 0.2) is 0 Å². The summed E-state index contributed by atoms with van der Waals surface area (Å²) in [5.74, 6) is -0.846. The van der Waals surface area contributed by atoms with E-state index in [1.807, 2.05) is 13.8 Å². The highest BCUT2D eigenvalue weighted by atomic mass is 19.1. The summed E-state index contributed by atoms with van der Waals surface area (Å²) in [4.78, 5) is 0. The monoisotopic (exact) mass is 240 g/mol. The SMILES string of the molecule is CCC1(CC)C(O)CC1c1cc(F)ccc1F. The third-order valence-electron chi connectivity index (χ3n) is 4.47. The fraction of sp³-hybridized carbons (Fsp3) is 0.571.